The summed E-state index contributed by atoms with van der Waals surface area (Å²) in [5, 5.41) is 29.2. The first-order chi connectivity index (χ1) is 14.9. The molecule has 3 heterocycles. The lowest BCUT2D eigenvalue weighted by atomic mass is 10.0. The van der Waals surface area contributed by atoms with Gasteiger partial charge in [-0.3, -0.25) is 19.6 Å². The third kappa shape index (κ3) is 4.18. The molecule has 0 spiro atoms. The summed E-state index contributed by atoms with van der Waals surface area (Å²) in [6.07, 6.45) is -1.41. The van der Waals surface area contributed by atoms with Gasteiger partial charge in [0, 0.05) is 11.5 Å². The fraction of sp³-hybridized carbons (Fsp3) is 0.316. The summed E-state index contributed by atoms with van der Waals surface area (Å²) in [4.78, 5) is 42.4. The van der Waals surface area contributed by atoms with E-state index >= 15 is 0 Å². The van der Waals surface area contributed by atoms with E-state index in [9.17, 15) is 24.6 Å². The Morgan fingerprint density at radius 1 is 1.39 bits per heavy atom. The molecule has 2 aliphatic heterocycles. The smallest absolute Gasteiger partial charge is 0.352 e. The second-order valence-electron chi connectivity index (χ2n) is 6.96. The number of aromatic nitrogens is 3. The van der Waals surface area contributed by atoms with E-state index in [1.54, 1.807) is 37.3 Å². The van der Waals surface area contributed by atoms with Crippen molar-refractivity contribution in [1.82, 2.24) is 25.4 Å². The van der Waals surface area contributed by atoms with E-state index in [2.05, 4.69) is 20.5 Å². The van der Waals surface area contributed by atoms with Crippen LogP contribution in [0.25, 0.3) is 0 Å². The number of fused-ring (bicyclic) bond motifs is 1. The van der Waals surface area contributed by atoms with Gasteiger partial charge in [-0.05, 0) is 18.1 Å². The zero-order valence-corrected chi connectivity index (χ0v) is 17.9. The van der Waals surface area contributed by atoms with E-state index in [-0.39, 0.29) is 5.70 Å². The summed E-state index contributed by atoms with van der Waals surface area (Å²) in [5.41, 5.74) is 0.929. The number of hydrogen-bond acceptors (Lipinski definition) is 8. The molecule has 31 heavy (non-hydrogen) atoms. The average Bonchev–Trinajstić information content (AvgIpc) is 3.20. The molecule has 3 atom stereocenters. The van der Waals surface area contributed by atoms with E-state index in [0.717, 1.165) is 0 Å². The number of aliphatic hydroxyl groups excluding tert-OH is 1. The van der Waals surface area contributed by atoms with Crippen LogP contribution in [0.5, 0.6) is 0 Å². The molecule has 1 aromatic heterocycles. The first-order valence-corrected chi connectivity index (χ1v) is 11.4. The van der Waals surface area contributed by atoms with Gasteiger partial charge in [0.05, 0.1) is 0 Å². The van der Waals surface area contributed by atoms with Gasteiger partial charge >= 0.3 is 5.97 Å². The molecule has 0 bridgehead atoms. The Kier molecular flexibility index (Phi) is 6.03. The number of β-lactam (4-membered cyclic amide) rings is 1. The van der Waals surface area contributed by atoms with Gasteiger partial charge in [0.15, 0.2) is 6.10 Å². The highest BCUT2D eigenvalue weighted by Crippen LogP contribution is 2.41. The van der Waals surface area contributed by atoms with Crippen molar-refractivity contribution < 1.29 is 24.6 Å². The van der Waals surface area contributed by atoms with Crippen molar-refractivity contribution in [3.8, 4) is 0 Å². The summed E-state index contributed by atoms with van der Waals surface area (Å²) in [5.74, 6) is -1.05. The minimum absolute atomic E-state index is 0.0670. The predicted molar refractivity (Wildman–Crippen MR) is 113 cm³/mol. The summed E-state index contributed by atoms with van der Waals surface area (Å²) < 4.78 is 0. The van der Waals surface area contributed by atoms with Crippen molar-refractivity contribution in [3.05, 3.63) is 53.0 Å². The van der Waals surface area contributed by atoms with E-state index in [4.69, 9.17) is 0 Å². The molecule has 2 unspecified atom stereocenters. The number of H-pyrrole nitrogens is 1. The van der Waals surface area contributed by atoms with Crippen LogP contribution in [0.15, 0.2) is 46.8 Å². The van der Waals surface area contributed by atoms with Crippen LogP contribution in [-0.4, -0.2) is 71.0 Å². The maximum absolute atomic E-state index is 12.7. The summed E-state index contributed by atoms with van der Waals surface area (Å²) >= 11 is 2.65. The van der Waals surface area contributed by atoms with E-state index in [1.165, 1.54) is 28.4 Å². The number of aromatic amines is 1. The van der Waals surface area contributed by atoms with Gasteiger partial charge in [-0.1, -0.05) is 42.1 Å². The van der Waals surface area contributed by atoms with Crippen molar-refractivity contribution in [2.45, 2.75) is 29.6 Å². The van der Waals surface area contributed by atoms with Gasteiger partial charge in [0.2, 0.25) is 5.16 Å². The van der Waals surface area contributed by atoms with Crippen molar-refractivity contribution in [2.24, 2.45) is 0 Å². The molecule has 1 saturated heterocycles. The lowest BCUT2D eigenvalue weighted by molar-refractivity contribution is -0.151. The molecule has 0 aliphatic carbocycles. The highest BCUT2D eigenvalue weighted by molar-refractivity contribution is 8.01. The standard InChI is InChI=1S/C19H19N5O5S2/c1-9-20-19(23-22-9)31-8-11-7-30-17-12(16(27)24(17)13(11)18(28)29)21-15(26)14(25)10-5-3-2-4-6-10/h2-6,12,14,17,25H,7-8H2,1H3,(H,21,26)(H,28,29)(H,20,22,23)/t12?,14?,17-/m0/s1. The van der Waals surface area contributed by atoms with Gasteiger partial charge in [0.25, 0.3) is 11.8 Å². The summed E-state index contributed by atoms with van der Waals surface area (Å²) in [6, 6.07) is 7.48. The zero-order chi connectivity index (χ0) is 22.1. The highest BCUT2D eigenvalue weighted by Gasteiger charge is 2.54. The Balaban J connectivity index is 1.45. The van der Waals surface area contributed by atoms with Crippen LogP contribution in [0.4, 0.5) is 0 Å². The van der Waals surface area contributed by atoms with Crippen LogP contribution >= 0.6 is 23.5 Å². The number of hydrogen-bond donors (Lipinski definition) is 4. The first-order valence-electron chi connectivity index (χ1n) is 9.32. The number of rotatable bonds is 7. The first kappa shape index (κ1) is 21.4. The SMILES string of the molecule is Cc1nc(SCC2=C(C(=O)O)N3C(=O)C(NC(=O)C(O)c4ccccc4)[C@@H]3SC2)n[nH]1. The number of aliphatic carboxylic acids is 1. The number of carboxylic acid groups (broad SMARTS) is 1. The second kappa shape index (κ2) is 8.73. The Morgan fingerprint density at radius 3 is 2.77 bits per heavy atom. The van der Waals surface area contributed by atoms with Crippen molar-refractivity contribution >= 4 is 41.3 Å². The number of benzene rings is 1. The molecule has 0 saturated carbocycles. The number of aryl methyl sites for hydroxylation is 1. The number of carboxylic acids is 1. The topological polar surface area (TPSA) is 149 Å². The van der Waals surface area contributed by atoms with Gasteiger partial charge < -0.3 is 15.5 Å². The fourth-order valence-electron chi connectivity index (χ4n) is 3.35. The maximum atomic E-state index is 12.7. The van der Waals surface area contributed by atoms with Gasteiger partial charge in [0.1, 0.15) is 22.9 Å². The highest BCUT2D eigenvalue weighted by atomic mass is 32.2. The summed E-state index contributed by atoms with van der Waals surface area (Å²) in [7, 11) is 0. The number of carbonyl (C=O) groups is 3. The van der Waals surface area contributed by atoms with Crippen molar-refractivity contribution in [1.29, 1.82) is 0 Å². The largest absolute Gasteiger partial charge is 0.477 e. The quantitative estimate of drug-likeness (QED) is 0.345. The average molecular weight is 462 g/mol. The molecule has 2 aromatic rings. The van der Waals surface area contributed by atoms with Gasteiger partial charge in [-0.2, -0.15) is 0 Å². The van der Waals surface area contributed by atoms with Gasteiger partial charge in [-0.15, -0.1) is 16.9 Å². The minimum atomic E-state index is -1.41. The van der Waals surface area contributed by atoms with Crippen LogP contribution in [0.3, 0.4) is 0 Å². The normalized spacial score (nSPS) is 21.4. The van der Waals surface area contributed by atoms with Gasteiger partial charge in [-0.25, -0.2) is 9.78 Å². The van der Waals surface area contributed by atoms with Crippen LogP contribution in [0, 0.1) is 6.92 Å². The lowest BCUT2D eigenvalue weighted by Gasteiger charge is -2.49. The minimum Gasteiger partial charge on any atom is -0.477 e. The molecular weight excluding hydrogens is 442 g/mol. The Bertz CT molecular complexity index is 1060. The summed E-state index contributed by atoms with van der Waals surface area (Å²) in [6.45, 7) is 1.77. The maximum Gasteiger partial charge on any atom is 0.352 e. The molecule has 2 aliphatic rings. The number of nitrogens with zero attached hydrogens (tertiary/aromatic N) is 3. The molecular formula is C19H19N5O5S2. The third-order valence-corrected chi connectivity index (χ3v) is 7.14. The number of amides is 2. The monoisotopic (exact) mass is 461 g/mol. The molecule has 1 fully saturated rings. The van der Waals surface area contributed by atoms with Crippen LogP contribution in [0.2, 0.25) is 0 Å². The van der Waals surface area contributed by atoms with Crippen LogP contribution < -0.4 is 5.32 Å². The van der Waals surface area contributed by atoms with Crippen molar-refractivity contribution in [3.63, 3.8) is 0 Å². The second-order valence-corrected chi connectivity index (χ2v) is 9.01. The number of nitrogens with one attached hydrogen (secondary N) is 2. The zero-order valence-electron chi connectivity index (χ0n) is 16.3. The number of carbonyl (C=O) groups excluding carboxylic acids is 2. The van der Waals surface area contributed by atoms with Crippen LogP contribution in [-0.2, 0) is 14.4 Å². The van der Waals surface area contributed by atoms with E-state index in [1.807, 2.05) is 0 Å². The number of aliphatic hydroxyl groups is 1. The molecule has 162 valence electrons. The number of thioether (sulfide) groups is 2. The molecule has 10 nitrogen and oxygen atoms in total. The Morgan fingerprint density at radius 2 is 2.13 bits per heavy atom. The lowest BCUT2D eigenvalue weighted by Crippen LogP contribution is -2.70. The molecule has 4 rings (SSSR count). The van der Waals surface area contributed by atoms with E-state index in [0.29, 0.717) is 33.6 Å². The molecule has 2 amide bonds. The third-order valence-electron chi connectivity index (χ3n) is 4.86. The van der Waals surface area contributed by atoms with Crippen LogP contribution in [0.1, 0.15) is 17.5 Å². The molecule has 0 radical (unpaired) electrons. The molecule has 4 N–H and O–H groups in total. The molecule has 1 aromatic carbocycles. The Hall–Kier alpha value is -2.83. The van der Waals surface area contributed by atoms with E-state index < -0.39 is 35.3 Å². The predicted octanol–water partition coefficient (Wildman–Crippen LogP) is 0.677. The van der Waals surface area contributed by atoms with Crippen molar-refractivity contribution in [2.75, 3.05) is 11.5 Å². The Labute approximate surface area is 185 Å². The fourth-order valence-corrected chi connectivity index (χ4v) is 5.68. The molecule has 12 heteroatoms.